The Balaban J connectivity index is 1.76. The molecule has 0 amide bonds. The molecule has 0 radical (unpaired) electrons. The zero-order valence-corrected chi connectivity index (χ0v) is 22.0. The van der Waals surface area contributed by atoms with Crippen molar-refractivity contribution in [2.24, 2.45) is 0 Å². The molecule has 0 heterocycles. The Morgan fingerprint density at radius 3 is 1.86 bits per heavy atom. The van der Waals surface area contributed by atoms with Crippen molar-refractivity contribution in [3.63, 3.8) is 0 Å². The minimum Gasteiger partial charge on any atom is -0.497 e. The quantitative estimate of drug-likeness (QED) is 0.245. The van der Waals surface area contributed by atoms with E-state index in [9.17, 15) is 10.4 Å². The number of nitriles is 1. The lowest BCUT2D eigenvalue weighted by Gasteiger charge is -2.44. The highest BCUT2D eigenvalue weighted by atomic mass is 28.4. The first-order valence-corrected chi connectivity index (χ1v) is 13.7. The van der Waals surface area contributed by atoms with Gasteiger partial charge < -0.3 is 19.0 Å². The van der Waals surface area contributed by atoms with Gasteiger partial charge in [0.05, 0.1) is 33.0 Å². The highest BCUT2D eigenvalue weighted by Gasteiger charge is 2.51. The van der Waals surface area contributed by atoms with Crippen molar-refractivity contribution in [2.75, 3.05) is 20.3 Å². The molecular formula is C29H35NO4Si. The molecule has 184 valence electrons. The minimum absolute atomic E-state index is 0.0946. The molecular weight excluding hydrogens is 454 g/mol. The predicted molar refractivity (Wildman–Crippen MR) is 141 cm³/mol. The van der Waals surface area contributed by atoms with E-state index in [0.717, 1.165) is 21.7 Å². The van der Waals surface area contributed by atoms with E-state index in [0.29, 0.717) is 6.61 Å². The van der Waals surface area contributed by atoms with E-state index in [2.05, 4.69) is 51.1 Å². The van der Waals surface area contributed by atoms with E-state index in [1.807, 2.05) is 60.7 Å². The van der Waals surface area contributed by atoms with Crippen LogP contribution in [-0.2, 0) is 15.8 Å². The Hall–Kier alpha value is -2.95. The topological polar surface area (TPSA) is 71.7 Å². The van der Waals surface area contributed by atoms with E-state index in [4.69, 9.17) is 13.9 Å². The number of methoxy groups -OCH3 is 1. The number of nitrogens with zero attached hydrogens (tertiary/aromatic N) is 1. The molecule has 35 heavy (non-hydrogen) atoms. The van der Waals surface area contributed by atoms with Gasteiger partial charge in [-0.15, -0.1) is 0 Å². The van der Waals surface area contributed by atoms with Crippen LogP contribution in [0.5, 0.6) is 5.75 Å². The fourth-order valence-corrected chi connectivity index (χ4v) is 8.91. The number of rotatable bonds is 11. The second-order valence-corrected chi connectivity index (χ2v) is 14.1. The van der Waals surface area contributed by atoms with Crippen LogP contribution < -0.4 is 15.1 Å². The van der Waals surface area contributed by atoms with Gasteiger partial charge in [-0.1, -0.05) is 93.6 Å². The molecule has 3 aromatic carbocycles. The molecule has 0 bridgehead atoms. The summed E-state index contributed by atoms with van der Waals surface area (Å²) in [5.74, 6) is 0.785. The van der Waals surface area contributed by atoms with Crippen LogP contribution in [0.3, 0.4) is 0 Å². The van der Waals surface area contributed by atoms with Crippen molar-refractivity contribution >= 4 is 18.7 Å². The Kier molecular flexibility index (Phi) is 8.87. The molecule has 0 fully saturated rings. The van der Waals surface area contributed by atoms with Gasteiger partial charge in [-0.3, -0.25) is 0 Å². The molecule has 0 saturated carbocycles. The Morgan fingerprint density at radius 1 is 0.857 bits per heavy atom. The van der Waals surface area contributed by atoms with E-state index < -0.39 is 13.9 Å². The van der Waals surface area contributed by atoms with E-state index in [1.54, 1.807) is 7.11 Å². The molecule has 5 nitrogen and oxygen atoms in total. The molecule has 6 heteroatoms. The third-order valence-electron chi connectivity index (χ3n) is 6.24. The molecule has 1 unspecified atom stereocenters. The second-order valence-electron chi connectivity index (χ2n) is 9.75. The van der Waals surface area contributed by atoms with Crippen LogP contribution in [0, 0.1) is 11.3 Å². The van der Waals surface area contributed by atoms with Crippen LogP contribution in [0.25, 0.3) is 0 Å². The van der Waals surface area contributed by atoms with Gasteiger partial charge in [0.2, 0.25) is 0 Å². The van der Waals surface area contributed by atoms with E-state index in [1.165, 1.54) is 0 Å². The van der Waals surface area contributed by atoms with Crippen LogP contribution in [-0.4, -0.2) is 39.3 Å². The first-order chi connectivity index (χ1) is 16.7. The minimum atomic E-state index is -2.85. The van der Waals surface area contributed by atoms with Crippen molar-refractivity contribution < 1.29 is 19.0 Å². The lowest BCUT2D eigenvalue weighted by Crippen LogP contribution is -2.67. The lowest BCUT2D eigenvalue weighted by molar-refractivity contribution is 0.00235. The highest BCUT2D eigenvalue weighted by Crippen LogP contribution is 2.37. The summed E-state index contributed by atoms with van der Waals surface area (Å²) >= 11 is 0. The molecule has 0 aliphatic carbocycles. The summed E-state index contributed by atoms with van der Waals surface area (Å²) in [6.45, 7) is 7.04. The average molecular weight is 490 g/mol. The largest absolute Gasteiger partial charge is 0.497 e. The number of hydrogen-bond acceptors (Lipinski definition) is 5. The van der Waals surface area contributed by atoms with E-state index in [-0.39, 0.29) is 24.7 Å². The summed E-state index contributed by atoms with van der Waals surface area (Å²) in [4.78, 5) is 0. The summed E-state index contributed by atoms with van der Waals surface area (Å²) in [7, 11) is -1.22. The average Bonchev–Trinajstić information content (AvgIpc) is 2.88. The van der Waals surface area contributed by atoms with Crippen LogP contribution in [0.15, 0.2) is 84.9 Å². The summed E-state index contributed by atoms with van der Waals surface area (Å²) < 4.78 is 17.7. The third-order valence-corrected chi connectivity index (χ3v) is 11.2. The zero-order chi connectivity index (χ0) is 25.4. The first kappa shape index (κ1) is 26.6. The molecule has 3 aromatic rings. The molecule has 0 aromatic heterocycles. The van der Waals surface area contributed by atoms with Crippen molar-refractivity contribution in [1.29, 1.82) is 5.26 Å². The van der Waals surface area contributed by atoms with Gasteiger partial charge in [0.1, 0.15) is 5.75 Å². The van der Waals surface area contributed by atoms with Gasteiger partial charge in [-0.25, -0.2) is 0 Å². The summed E-state index contributed by atoms with van der Waals surface area (Å²) in [5.41, 5.74) is -0.665. The predicted octanol–water partition coefficient (Wildman–Crippen LogP) is 4.43. The van der Waals surface area contributed by atoms with Crippen LogP contribution in [0.2, 0.25) is 5.04 Å². The molecule has 0 aliphatic rings. The summed E-state index contributed by atoms with van der Waals surface area (Å²) in [6.07, 6.45) is 0.151. The Labute approximate surface area is 210 Å². The zero-order valence-electron chi connectivity index (χ0n) is 21.0. The SMILES string of the molecule is COc1ccc(COCCC(O)(C#N)CO[Si](c2ccccc2)(c2ccccc2)C(C)(C)C)cc1. The first-order valence-electron chi connectivity index (χ1n) is 11.8. The van der Waals surface area contributed by atoms with Gasteiger partial charge in [-0.2, -0.15) is 5.26 Å². The molecule has 0 saturated heterocycles. The maximum atomic E-state index is 11.1. The number of hydrogen-bond donors (Lipinski definition) is 1. The number of aliphatic hydroxyl groups is 1. The normalized spacial score (nSPS) is 13.6. The molecule has 3 rings (SSSR count). The van der Waals surface area contributed by atoms with Crippen molar-refractivity contribution in [1.82, 2.24) is 0 Å². The van der Waals surface area contributed by atoms with Crippen molar-refractivity contribution in [2.45, 2.75) is 44.4 Å². The Morgan fingerprint density at radius 2 is 1.40 bits per heavy atom. The van der Waals surface area contributed by atoms with Crippen LogP contribution in [0.1, 0.15) is 32.8 Å². The number of ether oxygens (including phenoxy) is 2. The van der Waals surface area contributed by atoms with Gasteiger partial charge >= 0.3 is 0 Å². The third kappa shape index (κ3) is 6.39. The standard InChI is InChI=1S/C29H35NO4Si/c1-28(2,3)35(26-11-7-5-8-12-26,27-13-9-6-10-14-27)34-23-29(31,22-30)19-20-33-21-24-15-17-25(32-4)18-16-24/h5-18,31H,19-21,23H2,1-4H3. The van der Waals surface area contributed by atoms with Crippen LogP contribution in [0.4, 0.5) is 0 Å². The lowest BCUT2D eigenvalue weighted by atomic mass is 10.0. The molecule has 1 atom stereocenters. The maximum Gasteiger partial charge on any atom is 0.261 e. The summed E-state index contributed by atoms with van der Waals surface area (Å²) in [5, 5.41) is 23.0. The van der Waals surface area contributed by atoms with Gasteiger partial charge in [0, 0.05) is 6.42 Å². The maximum absolute atomic E-state index is 11.1. The second kappa shape index (κ2) is 11.7. The summed E-state index contributed by atoms with van der Waals surface area (Å²) in [6, 6.07) is 30.1. The monoisotopic (exact) mass is 489 g/mol. The van der Waals surface area contributed by atoms with Gasteiger partial charge in [0.15, 0.2) is 5.60 Å². The smallest absolute Gasteiger partial charge is 0.261 e. The van der Waals surface area contributed by atoms with Gasteiger partial charge in [0.25, 0.3) is 8.32 Å². The van der Waals surface area contributed by atoms with Crippen molar-refractivity contribution in [3.8, 4) is 11.8 Å². The molecule has 1 N–H and O–H groups in total. The molecule has 0 aliphatic heterocycles. The van der Waals surface area contributed by atoms with Crippen LogP contribution >= 0.6 is 0 Å². The van der Waals surface area contributed by atoms with Crippen molar-refractivity contribution in [3.05, 3.63) is 90.5 Å². The Bertz CT molecular complexity index is 1050. The molecule has 0 spiro atoms. The fourth-order valence-electron chi connectivity index (χ4n) is 4.30. The van der Waals surface area contributed by atoms with Gasteiger partial charge in [-0.05, 0) is 33.1 Å². The highest BCUT2D eigenvalue weighted by molar-refractivity contribution is 6.99. The van der Waals surface area contributed by atoms with E-state index >= 15 is 0 Å². The number of benzene rings is 3. The fraction of sp³-hybridized carbons (Fsp3) is 0.345.